The Morgan fingerprint density at radius 1 is 1.12 bits per heavy atom. The lowest BCUT2D eigenvalue weighted by Crippen LogP contribution is -1.92. The molecular formula is C13H11BrFNS. The van der Waals surface area contributed by atoms with Crippen LogP contribution in [-0.2, 0) is 5.75 Å². The molecule has 2 aromatic rings. The number of thioether (sulfide) groups is 1. The fraction of sp³-hybridized carbons (Fsp3) is 0.0769. The molecule has 0 spiro atoms. The van der Waals surface area contributed by atoms with E-state index in [4.69, 9.17) is 5.73 Å². The van der Waals surface area contributed by atoms with E-state index in [-0.39, 0.29) is 5.82 Å². The largest absolute Gasteiger partial charge is 0.398 e. The molecule has 2 rings (SSSR count). The molecule has 0 saturated carbocycles. The van der Waals surface area contributed by atoms with Crippen molar-refractivity contribution < 1.29 is 4.39 Å². The first-order valence-corrected chi connectivity index (χ1v) is 6.85. The Labute approximate surface area is 112 Å². The van der Waals surface area contributed by atoms with Crippen molar-refractivity contribution in [1.82, 2.24) is 0 Å². The third-order valence-corrected chi connectivity index (χ3v) is 3.87. The molecule has 0 amide bonds. The van der Waals surface area contributed by atoms with Crippen molar-refractivity contribution in [2.24, 2.45) is 0 Å². The lowest BCUT2D eigenvalue weighted by molar-refractivity contribution is 0.626. The monoisotopic (exact) mass is 311 g/mol. The summed E-state index contributed by atoms with van der Waals surface area (Å²) in [4.78, 5) is 1.04. The second-order valence-corrected chi connectivity index (χ2v) is 5.55. The Balaban J connectivity index is 2.04. The van der Waals surface area contributed by atoms with Gasteiger partial charge < -0.3 is 5.73 Å². The number of anilines is 1. The van der Waals surface area contributed by atoms with Crippen LogP contribution in [0.1, 0.15) is 5.56 Å². The van der Waals surface area contributed by atoms with Crippen LogP contribution < -0.4 is 5.73 Å². The summed E-state index contributed by atoms with van der Waals surface area (Å²) in [6, 6.07) is 12.3. The fourth-order valence-electron chi connectivity index (χ4n) is 1.39. The highest BCUT2D eigenvalue weighted by atomic mass is 79.9. The Kier molecular flexibility index (Phi) is 4.07. The van der Waals surface area contributed by atoms with E-state index in [2.05, 4.69) is 15.9 Å². The molecule has 0 heterocycles. The topological polar surface area (TPSA) is 26.0 Å². The van der Waals surface area contributed by atoms with Crippen LogP contribution in [0.5, 0.6) is 0 Å². The van der Waals surface area contributed by atoms with E-state index >= 15 is 0 Å². The van der Waals surface area contributed by atoms with Gasteiger partial charge in [0.05, 0.1) is 0 Å². The van der Waals surface area contributed by atoms with Crippen LogP contribution >= 0.6 is 27.7 Å². The van der Waals surface area contributed by atoms with Gasteiger partial charge in [-0.2, -0.15) is 0 Å². The van der Waals surface area contributed by atoms with Gasteiger partial charge in [-0.1, -0.05) is 22.0 Å². The molecule has 4 heteroatoms. The van der Waals surface area contributed by atoms with Crippen LogP contribution in [0.2, 0.25) is 0 Å². The maximum atomic E-state index is 12.7. The van der Waals surface area contributed by atoms with Crippen molar-refractivity contribution in [3.05, 3.63) is 58.3 Å². The van der Waals surface area contributed by atoms with Crippen molar-refractivity contribution in [3.63, 3.8) is 0 Å². The van der Waals surface area contributed by atoms with E-state index in [9.17, 15) is 4.39 Å². The standard InChI is InChI=1S/C13H11BrFNS/c14-10-2-1-9(13(16)7-10)8-17-12-5-3-11(15)4-6-12/h1-7H,8,16H2. The zero-order valence-corrected chi connectivity index (χ0v) is 11.4. The minimum Gasteiger partial charge on any atom is -0.398 e. The summed E-state index contributed by atoms with van der Waals surface area (Å²) in [5.74, 6) is 0.572. The van der Waals surface area contributed by atoms with Gasteiger partial charge in [0.2, 0.25) is 0 Å². The molecule has 1 nitrogen and oxygen atoms in total. The van der Waals surface area contributed by atoms with E-state index in [1.165, 1.54) is 12.1 Å². The Hall–Kier alpha value is -1.00. The fourth-order valence-corrected chi connectivity index (χ4v) is 2.68. The maximum Gasteiger partial charge on any atom is 0.123 e. The summed E-state index contributed by atoms with van der Waals surface area (Å²) in [6.45, 7) is 0. The smallest absolute Gasteiger partial charge is 0.123 e. The van der Waals surface area contributed by atoms with Crippen LogP contribution in [0.25, 0.3) is 0 Å². The first-order valence-electron chi connectivity index (χ1n) is 5.07. The van der Waals surface area contributed by atoms with E-state index < -0.39 is 0 Å². The number of benzene rings is 2. The molecular weight excluding hydrogens is 301 g/mol. The van der Waals surface area contributed by atoms with Crippen LogP contribution in [0, 0.1) is 5.82 Å². The third kappa shape index (κ3) is 3.48. The highest BCUT2D eigenvalue weighted by Crippen LogP contribution is 2.27. The average Bonchev–Trinajstić information content (AvgIpc) is 2.30. The zero-order chi connectivity index (χ0) is 12.3. The lowest BCUT2D eigenvalue weighted by Gasteiger charge is -2.06. The molecule has 0 aliphatic carbocycles. The highest BCUT2D eigenvalue weighted by molar-refractivity contribution is 9.10. The summed E-state index contributed by atoms with van der Waals surface area (Å²) in [6.07, 6.45) is 0. The summed E-state index contributed by atoms with van der Waals surface area (Å²) in [7, 11) is 0. The number of rotatable bonds is 3. The summed E-state index contributed by atoms with van der Waals surface area (Å²) in [5.41, 5.74) is 7.76. The van der Waals surface area contributed by atoms with Crippen molar-refractivity contribution in [2.75, 3.05) is 5.73 Å². The molecule has 0 unspecified atom stereocenters. The minimum absolute atomic E-state index is 0.211. The van der Waals surface area contributed by atoms with Gasteiger partial charge in [0.1, 0.15) is 5.82 Å². The van der Waals surface area contributed by atoms with Gasteiger partial charge in [0.25, 0.3) is 0 Å². The lowest BCUT2D eigenvalue weighted by atomic mass is 10.2. The van der Waals surface area contributed by atoms with Gasteiger partial charge in [0, 0.05) is 20.8 Å². The normalized spacial score (nSPS) is 10.5. The zero-order valence-electron chi connectivity index (χ0n) is 8.99. The Bertz CT molecular complexity index is 513. The first-order chi connectivity index (χ1) is 8.15. The van der Waals surface area contributed by atoms with Crippen LogP contribution in [-0.4, -0.2) is 0 Å². The highest BCUT2D eigenvalue weighted by Gasteiger charge is 2.01. The number of hydrogen-bond donors (Lipinski definition) is 1. The molecule has 2 N–H and O–H groups in total. The molecule has 0 radical (unpaired) electrons. The molecule has 17 heavy (non-hydrogen) atoms. The third-order valence-electron chi connectivity index (χ3n) is 2.32. The quantitative estimate of drug-likeness (QED) is 0.669. The molecule has 2 aromatic carbocycles. The summed E-state index contributed by atoms with van der Waals surface area (Å²) >= 11 is 5.01. The van der Waals surface area contributed by atoms with Gasteiger partial charge in [-0.05, 0) is 42.0 Å². The van der Waals surface area contributed by atoms with Gasteiger partial charge in [-0.3, -0.25) is 0 Å². The molecule has 0 atom stereocenters. The van der Waals surface area contributed by atoms with Crippen LogP contribution in [0.15, 0.2) is 51.8 Å². The maximum absolute atomic E-state index is 12.7. The Morgan fingerprint density at radius 3 is 2.47 bits per heavy atom. The molecule has 0 aromatic heterocycles. The van der Waals surface area contributed by atoms with Gasteiger partial charge in [-0.25, -0.2) is 4.39 Å². The number of nitrogens with two attached hydrogens (primary N) is 1. The second-order valence-electron chi connectivity index (χ2n) is 3.59. The van der Waals surface area contributed by atoms with Crippen molar-refractivity contribution in [1.29, 1.82) is 0 Å². The molecule has 0 bridgehead atoms. The molecule has 0 aliphatic heterocycles. The number of hydrogen-bond acceptors (Lipinski definition) is 2. The summed E-state index contributed by atoms with van der Waals surface area (Å²) in [5, 5.41) is 0. The molecule has 0 aliphatic rings. The summed E-state index contributed by atoms with van der Waals surface area (Å²) < 4.78 is 13.7. The van der Waals surface area contributed by atoms with Crippen LogP contribution in [0.3, 0.4) is 0 Å². The van der Waals surface area contributed by atoms with Crippen molar-refractivity contribution >= 4 is 33.4 Å². The van der Waals surface area contributed by atoms with E-state index in [1.54, 1.807) is 23.9 Å². The number of nitrogen functional groups attached to an aromatic ring is 1. The molecule has 0 fully saturated rings. The first kappa shape index (κ1) is 12.5. The SMILES string of the molecule is Nc1cc(Br)ccc1CSc1ccc(F)cc1. The number of halogens is 2. The van der Waals surface area contributed by atoms with Crippen LogP contribution in [0.4, 0.5) is 10.1 Å². The van der Waals surface area contributed by atoms with Gasteiger partial charge >= 0.3 is 0 Å². The van der Waals surface area contributed by atoms with Gasteiger partial charge in [-0.15, -0.1) is 11.8 Å². The van der Waals surface area contributed by atoms with Gasteiger partial charge in [0.15, 0.2) is 0 Å². The average molecular weight is 312 g/mol. The van der Waals surface area contributed by atoms with E-state index in [0.717, 1.165) is 26.4 Å². The van der Waals surface area contributed by atoms with E-state index in [1.807, 2.05) is 18.2 Å². The minimum atomic E-state index is -0.211. The Morgan fingerprint density at radius 2 is 1.82 bits per heavy atom. The molecule has 0 saturated heterocycles. The predicted octanol–water partition coefficient (Wildman–Crippen LogP) is 4.46. The molecule has 88 valence electrons. The second kappa shape index (κ2) is 5.56. The van der Waals surface area contributed by atoms with Crippen molar-refractivity contribution in [2.45, 2.75) is 10.6 Å². The van der Waals surface area contributed by atoms with E-state index in [0.29, 0.717) is 0 Å². The van der Waals surface area contributed by atoms with Crippen molar-refractivity contribution in [3.8, 4) is 0 Å². The predicted molar refractivity (Wildman–Crippen MR) is 74.5 cm³/mol.